The lowest BCUT2D eigenvalue weighted by atomic mass is 9.93. The summed E-state index contributed by atoms with van der Waals surface area (Å²) in [5.41, 5.74) is 7.59. The highest BCUT2D eigenvalue weighted by Gasteiger charge is 2.22. The molecule has 1 aliphatic carbocycles. The van der Waals surface area contributed by atoms with E-state index in [9.17, 15) is 5.26 Å². The van der Waals surface area contributed by atoms with Crippen molar-refractivity contribution in [2.75, 3.05) is 11.1 Å². The molecule has 1 aromatic heterocycles. The summed E-state index contributed by atoms with van der Waals surface area (Å²) in [7, 11) is 0. The molecular weight excluding hydrogens is 330 g/mol. The lowest BCUT2D eigenvalue weighted by molar-refractivity contribution is 0.443. The third kappa shape index (κ3) is 2.88. The van der Waals surface area contributed by atoms with E-state index in [-0.39, 0.29) is 0 Å². The molecule has 2 aromatic rings. The first-order valence-corrected chi connectivity index (χ1v) is 7.74. The quantitative estimate of drug-likeness (QED) is 0.892. The Morgan fingerprint density at radius 2 is 2.29 bits per heavy atom. The zero-order chi connectivity index (χ0) is 14.8. The van der Waals surface area contributed by atoms with Crippen LogP contribution < -0.4 is 11.1 Å². The van der Waals surface area contributed by atoms with Crippen LogP contribution in [0.1, 0.15) is 30.4 Å². The average Bonchev–Trinajstić information content (AvgIpc) is 2.70. The van der Waals surface area contributed by atoms with Crippen LogP contribution in [0.25, 0.3) is 0 Å². The first kappa shape index (κ1) is 14.0. The van der Waals surface area contributed by atoms with E-state index in [2.05, 4.69) is 32.4 Å². The van der Waals surface area contributed by atoms with E-state index in [1.165, 1.54) is 6.42 Å². The summed E-state index contributed by atoms with van der Waals surface area (Å²) in [5.74, 6) is 1.02. The summed E-state index contributed by atoms with van der Waals surface area (Å²) in [5, 5.41) is 17.1. The molecule has 0 amide bonds. The fourth-order valence-corrected chi connectivity index (χ4v) is 2.81. The summed E-state index contributed by atoms with van der Waals surface area (Å²) in [6.45, 7) is 0.548. The number of hydrogen-bond acceptors (Lipinski definition) is 4. The SMILES string of the molecule is N#Cc1c(NC2CCC2)nn(Cc2cccc(Br)c2)c1N. The summed E-state index contributed by atoms with van der Waals surface area (Å²) < 4.78 is 2.69. The molecule has 108 valence electrons. The van der Waals surface area contributed by atoms with Crippen molar-refractivity contribution in [3.8, 4) is 6.07 Å². The number of hydrogen-bond donors (Lipinski definition) is 2. The van der Waals surface area contributed by atoms with Crippen molar-refractivity contribution in [2.45, 2.75) is 31.8 Å². The van der Waals surface area contributed by atoms with Gasteiger partial charge in [-0.3, -0.25) is 0 Å². The standard InChI is InChI=1S/C15H16BrN5/c16-11-4-1-3-10(7-11)9-21-14(18)13(8-17)15(20-21)19-12-5-2-6-12/h1,3-4,7,12H,2,5-6,9,18H2,(H,19,20). The highest BCUT2D eigenvalue weighted by Crippen LogP contribution is 2.27. The summed E-state index contributed by atoms with van der Waals surface area (Å²) in [6, 6.07) is 10.6. The molecule has 1 heterocycles. The van der Waals surface area contributed by atoms with Crippen LogP contribution in [0.5, 0.6) is 0 Å². The van der Waals surface area contributed by atoms with E-state index in [0.717, 1.165) is 22.9 Å². The number of nitrogens with zero attached hydrogens (tertiary/aromatic N) is 3. The second-order valence-electron chi connectivity index (χ2n) is 5.28. The van der Waals surface area contributed by atoms with Gasteiger partial charge >= 0.3 is 0 Å². The topological polar surface area (TPSA) is 79.7 Å². The Labute approximate surface area is 131 Å². The van der Waals surface area contributed by atoms with E-state index in [0.29, 0.717) is 29.8 Å². The van der Waals surface area contributed by atoms with Crippen molar-refractivity contribution in [3.05, 3.63) is 39.9 Å². The summed E-state index contributed by atoms with van der Waals surface area (Å²) >= 11 is 3.45. The lowest BCUT2D eigenvalue weighted by Gasteiger charge is -2.26. The summed E-state index contributed by atoms with van der Waals surface area (Å²) in [6.07, 6.45) is 3.49. The van der Waals surface area contributed by atoms with Gasteiger partial charge in [0, 0.05) is 10.5 Å². The molecule has 1 aliphatic rings. The Kier molecular flexibility index (Phi) is 3.84. The molecule has 0 atom stereocenters. The van der Waals surface area contributed by atoms with Gasteiger partial charge in [0.1, 0.15) is 17.5 Å². The first-order chi connectivity index (χ1) is 10.2. The van der Waals surface area contributed by atoms with Crippen molar-refractivity contribution in [3.63, 3.8) is 0 Å². The van der Waals surface area contributed by atoms with Crippen molar-refractivity contribution in [2.24, 2.45) is 0 Å². The molecule has 3 N–H and O–H groups in total. The van der Waals surface area contributed by atoms with Crippen LogP contribution in [-0.4, -0.2) is 15.8 Å². The number of rotatable bonds is 4. The van der Waals surface area contributed by atoms with Crippen molar-refractivity contribution in [1.82, 2.24) is 9.78 Å². The van der Waals surface area contributed by atoms with Crippen molar-refractivity contribution in [1.29, 1.82) is 5.26 Å². The molecule has 0 spiro atoms. The zero-order valence-electron chi connectivity index (χ0n) is 11.5. The van der Waals surface area contributed by atoms with Crippen LogP contribution >= 0.6 is 15.9 Å². The number of anilines is 2. The Hall–Kier alpha value is -2.00. The molecule has 0 aliphatic heterocycles. The van der Waals surface area contributed by atoms with Crippen LogP contribution in [-0.2, 0) is 6.54 Å². The molecule has 0 bridgehead atoms. The number of nitrogen functional groups attached to an aromatic ring is 1. The maximum Gasteiger partial charge on any atom is 0.168 e. The lowest BCUT2D eigenvalue weighted by Crippen LogP contribution is -2.27. The number of halogens is 1. The van der Waals surface area contributed by atoms with Gasteiger partial charge in [-0.2, -0.15) is 10.4 Å². The van der Waals surface area contributed by atoms with E-state index >= 15 is 0 Å². The molecule has 6 heteroatoms. The maximum atomic E-state index is 9.30. The van der Waals surface area contributed by atoms with Crippen molar-refractivity contribution < 1.29 is 0 Å². The third-order valence-electron chi connectivity index (χ3n) is 3.77. The van der Waals surface area contributed by atoms with Crippen molar-refractivity contribution >= 4 is 27.6 Å². The fraction of sp³-hybridized carbons (Fsp3) is 0.333. The maximum absolute atomic E-state index is 9.30. The average molecular weight is 346 g/mol. The first-order valence-electron chi connectivity index (χ1n) is 6.94. The Morgan fingerprint density at radius 3 is 2.90 bits per heavy atom. The van der Waals surface area contributed by atoms with Gasteiger partial charge in [0.2, 0.25) is 0 Å². The second-order valence-corrected chi connectivity index (χ2v) is 6.20. The minimum atomic E-state index is 0.416. The van der Waals surface area contributed by atoms with Gasteiger partial charge in [-0.05, 0) is 37.0 Å². The molecule has 0 saturated heterocycles. The number of nitrogens with one attached hydrogen (secondary N) is 1. The van der Waals surface area contributed by atoms with Gasteiger partial charge in [-0.1, -0.05) is 28.1 Å². The molecule has 1 aromatic carbocycles. The van der Waals surface area contributed by atoms with E-state index in [4.69, 9.17) is 5.73 Å². The fourth-order valence-electron chi connectivity index (χ4n) is 2.36. The van der Waals surface area contributed by atoms with Crippen LogP contribution in [0.2, 0.25) is 0 Å². The normalized spacial score (nSPS) is 14.5. The van der Waals surface area contributed by atoms with Crippen LogP contribution in [0.15, 0.2) is 28.7 Å². The van der Waals surface area contributed by atoms with Gasteiger partial charge < -0.3 is 11.1 Å². The molecule has 0 radical (unpaired) electrons. The van der Waals surface area contributed by atoms with E-state index in [1.807, 2.05) is 24.3 Å². The molecule has 1 saturated carbocycles. The minimum Gasteiger partial charge on any atom is -0.383 e. The largest absolute Gasteiger partial charge is 0.383 e. The van der Waals surface area contributed by atoms with Gasteiger partial charge in [0.25, 0.3) is 0 Å². The van der Waals surface area contributed by atoms with E-state index < -0.39 is 0 Å². The number of nitrogens with two attached hydrogens (primary N) is 1. The smallest absolute Gasteiger partial charge is 0.168 e. The Balaban J connectivity index is 1.86. The molecular formula is C15H16BrN5. The number of benzene rings is 1. The van der Waals surface area contributed by atoms with Gasteiger partial charge in [-0.15, -0.1) is 0 Å². The predicted molar refractivity (Wildman–Crippen MR) is 85.9 cm³/mol. The second kappa shape index (κ2) is 5.78. The van der Waals surface area contributed by atoms with Gasteiger partial charge in [-0.25, -0.2) is 4.68 Å². The third-order valence-corrected chi connectivity index (χ3v) is 4.26. The zero-order valence-corrected chi connectivity index (χ0v) is 13.1. The molecule has 5 nitrogen and oxygen atoms in total. The number of nitriles is 1. The van der Waals surface area contributed by atoms with Crippen LogP contribution in [0.3, 0.4) is 0 Å². The Bertz CT molecular complexity index is 697. The molecule has 3 rings (SSSR count). The highest BCUT2D eigenvalue weighted by atomic mass is 79.9. The Morgan fingerprint density at radius 1 is 1.48 bits per heavy atom. The van der Waals surface area contributed by atoms with Gasteiger partial charge in [0.05, 0.1) is 6.54 Å². The van der Waals surface area contributed by atoms with Gasteiger partial charge in [0.15, 0.2) is 5.82 Å². The van der Waals surface area contributed by atoms with E-state index in [1.54, 1.807) is 4.68 Å². The molecule has 0 unspecified atom stereocenters. The molecule has 21 heavy (non-hydrogen) atoms. The monoisotopic (exact) mass is 345 g/mol. The minimum absolute atomic E-state index is 0.416. The van der Waals surface area contributed by atoms with Crippen LogP contribution in [0, 0.1) is 11.3 Å². The number of aromatic nitrogens is 2. The molecule has 1 fully saturated rings. The summed E-state index contributed by atoms with van der Waals surface area (Å²) in [4.78, 5) is 0. The highest BCUT2D eigenvalue weighted by molar-refractivity contribution is 9.10. The predicted octanol–water partition coefficient (Wildman–Crippen LogP) is 3.11. The van der Waals surface area contributed by atoms with Crippen LogP contribution in [0.4, 0.5) is 11.6 Å².